The lowest BCUT2D eigenvalue weighted by molar-refractivity contribution is 0.293. The van der Waals surface area contributed by atoms with Gasteiger partial charge in [0.1, 0.15) is 6.17 Å². The Morgan fingerprint density at radius 1 is 1.75 bits per heavy atom. The normalized spacial score (nSPS) is 31.5. The molecule has 3 heteroatoms. The lowest BCUT2D eigenvalue weighted by Gasteiger charge is -2.08. The highest BCUT2D eigenvalue weighted by atomic mass is 19.1. The van der Waals surface area contributed by atoms with Gasteiger partial charge in [-0.1, -0.05) is 0 Å². The number of rotatable bonds is 1. The van der Waals surface area contributed by atoms with E-state index in [1.807, 2.05) is 4.90 Å². The Hall–Kier alpha value is -0.150. The molecule has 8 heavy (non-hydrogen) atoms. The lowest BCUT2D eigenvalue weighted by Crippen LogP contribution is -2.27. The Kier molecular flexibility index (Phi) is 1.81. The highest BCUT2D eigenvalue weighted by molar-refractivity contribution is 4.72. The maximum absolute atomic E-state index is 12.3. The molecule has 1 aliphatic heterocycles. The van der Waals surface area contributed by atoms with Gasteiger partial charge in [-0.05, 0) is 6.42 Å². The van der Waals surface area contributed by atoms with Crippen molar-refractivity contribution in [3.63, 3.8) is 0 Å². The SMILES string of the molecule is NCN1CCC(F)C1. The van der Waals surface area contributed by atoms with E-state index in [1.165, 1.54) is 0 Å². The van der Waals surface area contributed by atoms with Crippen LogP contribution in [0.15, 0.2) is 0 Å². The first-order chi connectivity index (χ1) is 3.83. The van der Waals surface area contributed by atoms with Gasteiger partial charge in [0.25, 0.3) is 0 Å². The monoisotopic (exact) mass is 118 g/mol. The van der Waals surface area contributed by atoms with Crippen molar-refractivity contribution in [2.24, 2.45) is 5.73 Å². The second-order valence-electron chi connectivity index (χ2n) is 2.15. The van der Waals surface area contributed by atoms with Gasteiger partial charge < -0.3 is 5.73 Å². The molecule has 0 aromatic heterocycles. The topological polar surface area (TPSA) is 29.3 Å². The number of nitrogens with two attached hydrogens (primary N) is 1. The van der Waals surface area contributed by atoms with E-state index < -0.39 is 6.17 Å². The highest BCUT2D eigenvalue weighted by Crippen LogP contribution is 2.09. The van der Waals surface area contributed by atoms with Crippen LogP contribution in [0.4, 0.5) is 4.39 Å². The first-order valence-corrected chi connectivity index (χ1v) is 2.89. The van der Waals surface area contributed by atoms with Crippen molar-refractivity contribution in [1.29, 1.82) is 0 Å². The van der Waals surface area contributed by atoms with Crippen molar-refractivity contribution in [2.45, 2.75) is 12.6 Å². The summed E-state index contributed by atoms with van der Waals surface area (Å²) >= 11 is 0. The Labute approximate surface area is 48.5 Å². The van der Waals surface area contributed by atoms with Crippen LogP contribution in [0.3, 0.4) is 0 Å². The Morgan fingerprint density at radius 3 is 2.75 bits per heavy atom. The maximum Gasteiger partial charge on any atom is 0.114 e. The number of hydrogen-bond acceptors (Lipinski definition) is 2. The summed E-state index contributed by atoms with van der Waals surface area (Å²) in [5, 5.41) is 0. The number of alkyl halides is 1. The average molecular weight is 118 g/mol. The smallest absolute Gasteiger partial charge is 0.114 e. The van der Waals surface area contributed by atoms with Crippen LogP contribution in [0.2, 0.25) is 0 Å². The summed E-state index contributed by atoms with van der Waals surface area (Å²) in [7, 11) is 0. The molecule has 0 aromatic carbocycles. The van der Waals surface area contributed by atoms with Crippen molar-refractivity contribution in [2.75, 3.05) is 19.8 Å². The van der Waals surface area contributed by atoms with Crippen LogP contribution >= 0.6 is 0 Å². The molecule has 0 amide bonds. The van der Waals surface area contributed by atoms with Gasteiger partial charge in [0.05, 0.1) is 0 Å². The molecule has 0 aliphatic carbocycles. The van der Waals surface area contributed by atoms with Crippen molar-refractivity contribution < 1.29 is 4.39 Å². The van der Waals surface area contributed by atoms with E-state index in [0.717, 1.165) is 6.54 Å². The summed E-state index contributed by atoms with van der Waals surface area (Å²) in [6.07, 6.45) is 0.0375. The van der Waals surface area contributed by atoms with Crippen LogP contribution in [0, 0.1) is 0 Å². The second-order valence-corrected chi connectivity index (χ2v) is 2.15. The molecule has 0 bridgehead atoms. The molecule has 48 valence electrons. The number of halogens is 1. The summed E-state index contributed by atoms with van der Waals surface area (Å²) in [5.41, 5.74) is 5.26. The van der Waals surface area contributed by atoms with E-state index in [0.29, 0.717) is 19.6 Å². The van der Waals surface area contributed by atoms with Gasteiger partial charge in [0.2, 0.25) is 0 Å². The molecule has 0 spiro atoms. The fourth-order valence-corrected chi connectivity index (χ4v) is 0.951. The van der Waals surface area contributed by atoms with Gasteiger partial charge in [0, 0.05) is 19.8 Å². The molecule has 2 N–H and O–H groups in total. The first-order valence-electron chi connectivity index (χ1n) is 2.89. The summed E-state index contributed by atoms with van der Waals surface area (Å²) in [5.74, 6) is 0. The Morgan fingerprint density at radius 2 is 2.50 bits per heavy atom. The Bertz CT molecular complexity index is 76.8. The molecule has 2 nitrogen and oxygen atoms in total. The van der Waals surface area contributed by atoms with Crippen molar-refractivity contribution >= 4 is 0 Å². The summed E-state index contributed by atoms with van der Waals surface area (Å²) in [4.78, 5) is 1.91. The summed E-state index contributed by atoms with van der Waals surface area (Å²) in [6.45, 7) is 1.87. The second kappa shape index (κ2) is 2.42. The van der Waals surface area contributed by atoms with Crippen LogP contribution in [0.25, 0.3) is 0 Å². The van der Waals surface area contributed by atoms with Crippen LogP contribution in [0.1, 0.15) is 6.42 Å². The zero-order chi connectivity index (χ0) is 5.98. The first kappa shape index (κ1) is 5.98. The van der Waals surface area contributed by atoms with Gasteiger partial charge >= 0.3 is 0 Å². The van der Waals surface area contributed by atoms with Crippen LogP contribution in [-0.2, 0) is 0 Å². The number of likely N-dealkylation sites (tertiary alicyclic amines) is 1. The largest absolute Gasteiger partial charge is 0.318 e. The standard InChI is InChI=1S/C5H11FN2/c6-5-1-2-8(3-5)4-7/h5H,1-4,7H2. The zero-order valence-electron chi connectivity index (χ0n) is 4.81. The summed E-state index contributed by atoms with van der Waals surface area (Å²) < 4.78 is 12.3. The molecule has 1 atom stereocenters. The molecule has 1 aliphatic rings. The van der Waals surface area contributed by atoms with Crippen LogP contribution in [0.5, 0.6) is 0 Å². The molecule has 1 rings (SSSR count). The third-order valence-corrected chi connectivity index (χ3v) is 1.47. The van der Waals surface area contributed by atoms with E-state index >= 15 is 0 Å². The third-order valence-electron chi connectivity index (χ3n) is 1.47. The number of nitrogens with zero attached hydrogens (tertiary/aromatic N) is 1. The minimum atomic E-state index is -0.626. The predicted molar refractivity (Wildman–Crippen MR) is 30.1 cm³/mol. The van der Waals surface area contributed by atoms with E-state index in [2.05, 4.69) is 0 Å². The fraction of sp³-hybridized carbons (Fsp3) is 1.00. The molecule has 1 fully saturated rings. The molecular formula is C5H11FN2. The van der Waals surface area contributed by atoms with Gasteiger partial charge in [-0.3, -0.25) is 4.90 Å². The van der Waals surface area contributed by atoms with Crippen LogP contribution < -0.4 is 5.73 Å². The predicted octanol–water partition coefficient (Wildman–Crippen LogP) is -0.0536. The molecule has 1 heterocycles. The van der Waals surface area contributed by atoms with Crippen molar-refractivity contribution in [1.82, 2.24) is 4.90 Å². The van der Waals surface area contributed by atoms with Crippen molar-refractivity contribution in [3.8, 4) is 0 Å². The van der Waals surface area contributed by atoms with E-state index in [4.69, 9.17) is 5.73 Å². The quantitative estimate of drug-likeness (QED) is 0.523. The molecule has 0 radical (unpaired) electrons. The molecule has 0 aromatic rings. The highest BCUT2D eigenvalue weighted by Gasteiger charge is 2.19. The third kappa shape index (κ3) is 1.17. The van der Waals surface area contributed by atoms with E-state index in [9.17, 15) is 4.39 Å². The maximum atomic E-state index is 12.3. The minimum absolute atomic E-state index is 0.500. The lowest BCUT2D eigenvalue weighted by atomic mass is 10.3. The van der Waals surface area contributed by atoms with Gasteiger partial charge in [-0.15, -0.1) is 0 Å². The fourth-order valence-electron chi connectivity index (χ4n) is 0.951. The van der Waals surface area contributed by atoms with E-state index in [1.54, 1.807) is 0 Å². The zero-order valence-corrected chi connectivity index (χ0v) is 4.81. The van der Waals surface area contributed by atoms with Gasteiger partial charge in [-0.2, -0.15) is 0 Å². The van der Waals surface area contributed by atoms with Crippen LogP contribution in [-0.4, -0.2) is 30.8 Å². The Balaban J connectivity index is 2.22. The molecule has 1 saturated heterocycles. The van der Waals surface area contributed by atoms with Crippen molar-refractivity contribution in [3.05, 3.63) is 0 Å². The average Bonchev–Trinajstić information content (AvgIpc) is 2.14. The summed E-state index contributed by atoms with van der Waals surface area (Å²) in [6, 6.07) is 0. The molecule has 1 unspecified atom stereocenters. The molecular weight excluding hydrogens is 107 g/mol. The number of hydrogen-bond donors (Lipinski definition) is 1. The van der Waals surface area contributed by atoms with E-state index in [-0.39, 0.29) is 0 Å². The minimum Gasteiger partial charge on any atom is -0.318 e. The van der Waals surface area contributed by atoms with Gasteiger partial charge in [0.15, 0.2) is 0 Å². The molecule has 0 saturated carbocycles. The van der Waals surface area contributed by atoms with Gasteiger partial charge in [-0.25, -0.2) is 4.39 Å².